The van der Waals surface area contributed by atoms with Crippen LogP contribution in [0.4, 0.5) is 11.4 Å². The topological polar surface area (TPSA) is 61.4 Å². The Morgan fingerprint density at radius 1 is 0.939 bits per heavy atom. The Morgan fingerprint density at radius 2 is 1.70 bits per heavy atom. The van der Waals surface area contributed by atoms with Gasteiger partial charge in [-0.05, 0) is 48.1 Å². The first-order valence-electron chi connectivity index (χ1n) is 11.8. The number of carbonyl (C=O) groups excluding carboxylic acids is 2. The van der Waals surface area contributed by atoms with E-state index in [1.54, 1.807) is 0 Å². The van der Waals surface area contributed by atoms with Gasteiger partial charge in [0.15, 0.2) is 0 Å². The average Bonchev–Trinajstić information content (AvgIpc) is 3.23. The summed E-state index contributed by atoms with van der Waals surface area (Å²) >= 11 is 0. The first-order chi connectivity index (χ1) is 16.2. The van der Waals surface area contributed by atoms with Gasteiger partial charge in [0.2, 0.25) is 11.8 Å². The van der Waals surface area contributed by atoms with Crippen molar-refractivity contribution in [2.45, 2.75) is 38.1 Å². The largest absolute Gasteiger partial charge is 0.371 e. The van der Waals surface area contributed by atoms with Crippen LogP contribution in [0.5, 0.6) is 0 Å². The number of rotatable bonds is 6. The van der Waals surface area contributed by atoms with Crippen molar-refractivity contribution in [3.8, 4) is 0 Å². The molecule has 0 saturated carbocycles. The monoisotopic (exact) mass is 439 g/mol. The maximum absolute atomic E-state index is 13.2. The lowest BCUT2D eigenvalue weighted by atomic mass is 9.95. The lowest BCUT2D eigenvalue weighted by Gasteiger charge is -2.33. The number of amides is 2. The molecule has 3 aromatic carbocycles. The number of piperidine rings is 1. The number of benzene rings is 3. The van der Waals surface area contributed by atoms with E-state index in [2.05, 4.69) is 51.9 Å². The second-order valence-electron chi connectivity index (χ2n) is 8.91. The Morgan fingerprint density at radius 3 is 2.52 bits per heavy atom. The molecular weight excluding hydrogens is 410 g/mol. The third-order valence-corrected chi connectivity index (χ3v) is 6.54. The molecule has 0 aliphatic carbocycles. The highest BCUT2D eigenvalue weighted by atomic mass is 16.2. The number of hydrogen-bond donors (Lipinski definition) is 2. The van der Waals surface area contributed by atoms with Crippen LogP contribution in [0, 0.1) is 0 Å². The molecule has 5 nitrogen and oxygen atoms in total. The summed E-state index contributed by atoms with van der Waals surface area (Å²) < 4.78 is 0. The van der Waals surface area contributed by atoms with Crippen molar-refractivity contribution >= 4 is 23.2 Å². The van der Waals surface area contributed by atoms with Crippen LogP contribution in [0.3, 0.4) is 0 Å². The maximum atomic E-state index is 13.2. The molecule has 2 aliphatic heterocycles. The van der Waals surface area contributed by atoms with Gasteiger partial charge in [-0.2, -0.15) is 0 Å². The highest BCUT2D eigenvalue weighted by Gasteiger charge is 2.24. The molecule has 1 atom stereocenters. The van der Waals surface area contributed by atoms with Crippen LogP contribution in [-0.4, -0.2) is 24.9 Å². The van der Waals surface area contributed by atoms with E-state index in [-0.39, 0.29) is 24.3 Å². The van der Waals surface area contributed by atoms with Crippen LogP contribution in [0.25, 0.3) is 0 Å². The molecule has 0 radical (unpaired) electrons. The standard InChI is InChI=1S/C28H29N3O2/c32-26(18-20-13-14-24-22(17-20)19-27(33)29-24)30-28(21-9-3-1-4-10-21)23-11-5-6-12-25(23)31-15-7-2-8-16-31/h1,3-6,9-14,17,28H,2,7-8,15-16,18-19H2,(H,29,33)(H,30,32). The van der Waals surface area contributed by atoms with E-state index in [1.807, 2.05) is 36.4 Å². The first-order valence-corrected chi connectivity index (χ1v) is 11.8. The Balaban J connectivity index is 1.41. The van der Waals surface area contributed by atoms with Crippen molar-refractivity contribution in [3.63, 3.8) is 0 Å². The van der Waals surface area contributed by atoms with Crippen LogP contribution < -0.4 is 15.5 Å². The number of fused-ring (bicyclic) bond motifs is 1. The van der Waals surface area contributed by atoms with Crippen LogP contribution >= 0.6 is 0 Å². The second-order valence-corrected chi connectivity index (χ2v) is 8.91. The minimum atomic E-state index is -0.227. The van der Waals surface area contributed by atoms with E-state index >= 15 is 0 Å². The highest BCUT2D eigenvalue weighted by Crippen LogP contribution is 2.32. The molecule has 2 amide bonds. The predicted molar refractivity (Wildman–Crippen MR) is 131 cm³/mol. The zero-order valence-corrected chi connectivity index (χ0v) is 18.7. The summed E-state index contributed by atoms with van der Waals surface area (Å²) in [5.41, 5.74) is 6.12. The molecule has 0 spiro atoms. The molecule has 0 bridgehead atoms. The van der Waals surface area contributed by atoms with Crippen molar-refractivity contribution in [1.82, 2.24) is 5.32 Å². The molecule has 2 aliphatic rings. The Labute approximate surface area is 194 Å². The minimum Gasteiger partial charge on any atom is -0.371 e. The van der Waals surface area contributed by atoms with E-state index in [4.69, 9.17) is 0 Å². The van der Waals surface area contributed by atoms with Gasteiger partial charge in [0.05, 0.1) is 18.9 Å². The summed E-state index contributed by atoms with van der Waals surface area (Å²) in [5.74, 6) is -0.0282. The number of carbonyl (C=O) groups is 2. The van der Waals surface area contributed by atoms with Crippen molar-refractivity contribution in [3.05, 3.63) is 95.1 Å². The normalized spacial score (nSPS) is 16.1. The molecule has 33 heavy (non-hydrogen) atoms. The van der Waals surface area contributed by atoms with Gasteiger partial charge in [-0.15, -0.1) is 0 Å². The molecule has 3 aromatic rings. The van der Waals surface area contributed by atoms with Gasteiger partial charge in [0.25, 0.3) is 0 Å². The number of hydrogen-bond acceptors (Lipinski definition) is 3. The van der Waals surface area contributed by atoms with Gasteiger partial charge in [-0.3, -0.25) is 9.59 Å². The molecule has 2 heterocycles. The van der Waals surface area contributed by atoms with Crippen molar-refractivity contribution in [2.24, 2.45) is 0 Å². The molecular formula is C28H29N3O2. The molecule has 5 rings (SSSR count). The van der Waals surface area contributed by atoms with Crippen LogP contribution in [0.15, 0.2) is 72.8 Å². The van der Waals surface area contributed by atoms with Gasteiger partial charge in [-0.25, -0.2) is 0 Å². The Bertz CT molecular complexity index is 1150. The van der Waals surface area contributed by atoms with Gasteiger partial charge in [-0.1, -0.05) is 60.7 Å². The molecule has 0 aromatic heterocycles. The smallest absolute Gasteiger partial charge is 0.228 e. The second kappa shape index (κ2) is 9.49. The SMILES string of the molecule is O=C1Cc2cc(CC(=O)NC(c3ccccc3)c3ccccc3N3CCCCC3)ccc2N1. The summed E-state index contributed by atoms with van der Waals surface area (Å²) in [7, 11) is 0. The summed E-state index contributed by atoms with van der Waals surface area (Å²) in [6, 6.07) is 24.2. The molecule has 1 unspecified atom stereocenters. The zero-order chi connectivity index (χ0) is 22.6. The predicted octanol–water partition coefficient (Wildman–Crippen LogP) is 4.62. The van der Waals surface area contributed by atoms with Crippen LogP contribution in [0.1, 0.15) is 47.6 Å². The number of anilines is 2. The molecule has 2 N–H and O–H groups in total. The minimum absolute atomic E-state index is 0.00469. The fourth-order valence-electron chi connectivity index (χ4n) is 4.93. The first kappa shape index (κ1) is 21.3. The van der Waals surface area contributed by atoms with Crippen LogP contribution in [-0.2, 0) is 22.4 Å². The van der Waals surface area contributed by atoms with Gasteiger partial charge >= 0.3 is 0 Å². The van der Waals surface area contributed by atoms with Crippen LogP contribution in [0.2, 0.25) is 0 Å². The summed E-state index contributed by atoms with van der Waals surface area (Å²) in [5, 5.41) is 6.15. The van der Waals surface area contributed by atoms with E-state index in [9.17, 15) is 9.59 Å². The van der Waals surface area contributed by atoms with E-state index < -0.39 is 0 Å². The lowest BCUT2D eigenvalue weighted by molar-refractivity contribution is -0.121. The third kappa shape index (κ3) is 4.77. The van der Waals surface area contributed by atoms with Gasteiger partial charge in [0, 0.05) is 30.0 Å². The summed E-state index contributed by atoms with van der Waals surface area (Å²) in [6.07, 6.45) is 4.33. The van der Waals surface area contributed by atoms with E-state index in [0.717, 1.165) is 41.0 Å². The fourth-order valence-corrected chi connectivity index (χ4v) is 4.93. The molecule has 5 heteroatoms. The van der Waals surface area contributed by atoms with Gasteiger partial charge < -0.3 is 15.5 Å². The van der Waals surface area contributed by atoms with Gasteiger partial charge in [0.1, 0.15) is 0 Å². The number of nitrogens with zero attached hydrogens (tertiary/aromatic N) is 1. The highest BCUT2D eigenvalue weighted by molar-refractivity contribution is 5.99. The molecule has 1 fully saturated rings. The Hall–Kier alpha value is -3.60. The lowest BCUT2D eigenvalue weighted by Crippen LogP contribution is -2.34. The van der Waals surface area contributed by atoms with E-state index in [0.29, 0.717) is 6.42 Å². The average molecular weight is 440 g/mol. The summed E-state index contributed by atoms with van der Waals surface area (Å²) in [4.78, 5) is 27.3. The number of para-hydroxylation sites is 1. The maximum Gasteiger partial charge on any atom is 0.228 e. The van der Waals surface area contributed by atoms with Crippen molar-refractivity contribution in [2.75, 3.05) is 23.3 Å². The molecule has 1 saturated heterocycles. The number of nitrogens with one attached hydrogen (secondary N) is 2. The summed E-state index contributed by atoms with van der Waals surface area (Å²) in [6.45, 7) is 2.10. The third-order valence-electron chi connectivity index (χ3n) is 6.54. The van der Waals surface area contributed by atoms with Crippen molar-refractivity contribution in [1.29, 1.82) is 0 Å². The van der Waals surface area contributed by atoms with E-state index in [1.165, 1.54) is 24.9 Å². The molecule has 168 valence electrons. The fraction of sp³-hybridized carbons (Fsp3) is 0.286. The Kier molecular flexibility index (Phi) is 6.11. The van der Waals surface area contributed by atoms with Crippen molar-refractivity contribution < 1.29 is 9.59 Å². The quantitative estimate of drug-likeness (QED) is 0.589. The zero-order valence-electron chi connectivity index (χ0n) is 18.7.